The van der Waals surface area contributed by atoms with E-state index in [1.165, 1.54) is 0 Å². The van der Waals surface area contributed by atoms with Crippen molar-refractivity contribution in [3.05, 3.63) is 57.0 Å². The first-order chi connectivity index (χ1) is 13.5. The zero-order valence-corrected chi connectivity index (χ0v) is 18.8. The number of hydrogen-bond donors (Lipinski definition) is 1. The van der Waals surface area contributed by atoms with Crippen LogP contribution in [0, 0.1) is 0 Å². The van der Waals surface area contributed by atoms with Crippen molar-refractivity contribution in [3.8, 4) is 5.75 Å². The highest BCUT2D eigenvalue weighted by molar-refractivity contribution is 9.11. The van der Waals surface area contributed by atoms with Crippen LogP contribution in [-0.2, 0) is 9.53 Å². The number of ether oxygens (including phenoxy) is 2. The lowest BCUT2D eigenvalue weighted by Gasteiger charge is -2.10. The van der Waals surface area contributed by atoms with Crippen LogP contribution in [0.25, 0.3) is 0 Å². The first-order valence-corrected chi connectivity index (χ1v) is 10.7. The van der Waals surface area contributed by atoms with E-state index in [1.54, 1.807) is 30.3 Å². The van der Waals surface area contributed by atoms with Crippen molar-refractivity contribution in [2.75, 3.05) is 18.5 Å². The molecule has 0 spiro atoms. The molecule has 1 amide bonds. The molecule has 0 aliphatic carbocycles. The van der Waals surface area contributed by atoms with Crippen LogP contribution < -0.4 is 10.1 Å². The van der Waals surface area contributed by atoms with Crippen LogP contribution in [0.3, 0.4) is 0 Å². The number of carbonyl (C=O) groups is 2. The fourth-order valence-corrected chi connectivity index (χ4v) is 3.56. The molecule has 0 atom stereocenters. The number of hydrogen-bond acceptors (Lipinski definition) is 4. The average Bonchev–Trinajstić information content (AvgIpc) is 2.67. The van der Waals surface area contributed by atoms with Gasteiger partial charge in [0.15, 0.2) is 6.61 Å². The van der Waals surface area contributed by atoms with Gasteiger partial charge in [0.2, 0.25) is 0 Å². The molecule has 1 N–H and O–H groups in total. The van der Waals surface area contributed by atoms with Gasteiger partial charge in [0.25, 0.3) is 5.91 Å². The number of anilines is 1. The van der Waals surface area contributed by atoms with Gasteiger partial charge in [-0.2, -0.15) is 0 Å². The third-order valence-corrected chi connectivity index (χ3v) is 5.00. The summed E-state index contributed by atoms with van der Waals surface area (Å²) in [6, 6.07) is 12.0. The Morgan fingerprint density at radius 1 is 1.00 bits per heavy atom. The summed E-state index contributed by atoms with van der Waals surface area (Å²) in [5, 5.41) is 2.73. The molecule has 0 aromatic heterocycles. The molecule has 0 unspecified atom stereocenters. The normalized spacial score (nSPS) is 10.4. The number of benzene rings is 2. The van der Waals surface area contributed by atoms with Crippen molar-refractivity contribution in [1.29, 1.82) is 0 Å². The Labute approximate surface area is 182 Å². The Hall–Kier alpha value is -1.86. The van der Waals surface area contributed by atoms with E-state index in [2.05, 4.69) is 44.1 Å². The zero-order valence-electron chi connectivity index (χ0n) is 15.7. The molecule has 150 valence electrons. The molecule has 0 saturated heterocycles. The summed E-state index contributed by atoms with van der Waals surface area (Å²) in [7, 11) is 0. The first kappa shape index (κ1) is 22.4. The second kappa shape index (κ2) is 11.9. The van der Waals surface area contributed by atoms with E-state index < -0.39 is 0 Å². The second-order valence-electron chi connectivity index (χ2n) is 6.19. The van der Waals surface area contributed by atoms with Gasteiger partial charge in [0.1, 0.15) is 5.75 Å². The van der Waals surface area contributed by atoms with E-state index in [0.717, 1.165) is 34.6 Å². The van der Waals surface area contributed by atoms with E-state index in [4.69, 9.17) is 9.47 Å². The smallest absolute Gasteiger partial charge is 0.338 e. The van der Waals surface area contributed by atoms with Gasteiger partial charge < -0.3 is 14.8 Å². The Morgan fingerprint density at radius 2 is 1.75 bits per heavy atom. The van der Waals surface area contributed by atoms with Gasteiger partial charge in [0, 0.05) is 10.2 Å². The van der Waals surface area contributed by atoms with Crippen LogP contribution in [0.4, 0.5) is 5.69 Å². The van der Waals surface area contributed by atoms with Crippen molar-refractivity contribution >= 4 is 49.4 Å². The zero-order chi connectivity index (χ0) is 20.4. The van der Waals surface area contributed by atoms with Gasteiger partial charge in [-0.25, -0.2) is 4.79 Å². The molecular weight excluding hydrogens is 490 g/mol. The summed E-state index contributed by atoms with van der Waals surface area (Å²) in [4.78, 5) is 24.0. The number of carbonyl (C=O) groups excluding carboxylic acids is 2. The molecule has 0 aliphatic rings. The SMILES string of the molecule is CCCCCCOC(=O)c1ccc(NC(=O)COc2ccc(Br)cc2Br)cc1. The number of unbranched alkanes of at least 4 members (excludes halogenated alkanes) is 3. The van der Waals surface area contributed by atoms with Crippen molar-refractivity contribution < 1.29 is 19.1 Å². The van der Waals surface area contributed by atoms with E-state index in [1.807, 2.05) is 12.1 Å². The molecule has 0 fully saturated rings. The lowest BCUT2D eigenvalue weighted by atomic mass is 10.2. The highest BCUT2D eigenvalue weighted by Crippen LogP contribution is 2.28. The second-order valence-corrected chi connectivity index (χ2v) is 7.96. The third-order valence-electron chi connectivity index (χ3n) is 3.89. The molecule has 0 bridgehead atoms. The van der Waals surface area contributed by atoms with Gasteiger partial charge in [-0.3, -0.25) is 4.79 Å². The van der Waals surface area contributed by atoms with Crippen LogP contribution in [0.2, 0.25) is 0 Å². The number of amides is 1. The van der Waals surface area contributed by atoms with E-state index >= 15 is 0 Å². The molecule has 7 heteroatoms. The Bertz CT molecular complexity index is 793. The van der Waals surface area contributed by atoms with Crippen molar-refractivity contribution in [3.63, 3.8) is 0 Å². The molecule has 2 aromatic carbocycles. The van der Waals surface area contributed by atoms with Crippen molar-refractivity contribution in [1.82, 2.24) is 0 Å². The van der Waals surface area contributed by atoms with Crippen molar-refractivity contribution in [2.24, 2.45) is 0 Å². The average molecular weight is 513 g/mol. The van der Waals surface area contributed by atoms with Crippen LogP contribution in [-0.4, -0.2) is 25.1 Å². The van der Waals surface area contributed by atoms with Crippen LogP contribution in [0.15, 0.2) is 51.4 Å². The van der Waals surface area contributed by atoms with Gasteiger partial charge in [-0.1, -0.05) is 42.1 Å². The molecule has 5 nitrogen and oxygen atoms in total. The minimum Gasteiger partial charge on any atom is -0.483 e. The van der Waals surface area contributed by atoms with E-state index in [-0.39, 0.29) is 18.5 Å². The third kappa shape index (κ3) is 7.64. The maximum Gasteiger partial charge on any atom is 0.338 e. The summed E-state index contributed by atoms with van der Waals surface area (Å²) < 4.78 is 12.4. The van der Waals surface area contributed by atoms with Gasteiger partial charge >= 0.3 is 5.97 Å². The topological polar surface area (TPSA) is 64.6 Å². The summed E-state index contributed by atoms with van der Waals surface area (Å²) in [5.41, 5.74) is 1.05. The van der Waals surface area contributed by atoms with Gasteiger partial charge in [-0.05, 0) is 64.8 Å². The molecule has 0 radical (unpaired) electrons. The van der Waals surface area contributed by atoms with E-state index in [9.17, 15) is 9.59 Å². The Kier molecular flexibility index (Phi) is 9.50. The first-order valence-electron chi connectivity index (χ1n) is 9.14. The Balaban J connectivity index is 1.78. The lowest BCUT2D eigenvalue weighted by molar-refractivity contribution is -0.118. The number of rotatable bonds is 10. The largest absolute Gasteiger partial charge is 0.483 e. The summed E-state index contributed by atoms with van der Waals surface area (Å²) in [6.07, 6.45) is 4.23. The molecule has 2 rings (SSSR count). The minimum absolute atomic E-state index is 0.123. The predicted molar refractivity (Wildman–Crippen MR) is 117 cm³/mol. The van der Waals surface area contributed by atoms with Gasteiger partial charge in [-0.15, -0.1) is 0 Å². The predicted octanol–water partition coefficient (Wildman–Crippen LogP) is 5.97. The van der Waals surface area contributed by atoms with Crippen molar-refractivity contribution in [2.45, 2.75) is 32.6 Å². The maximum absolute atomic E-state index is 12.1. The fourth-order valence-electron chi connectivity index (χ4n) is 2.40. The summed E-state index contributed by atoms with van der Waals surface area (Å²) in [6.45, 7) is 2.44. The highest BCUT2D eigenvalue weighted by atomic mass is 79.9. The fraction of sp³-hybridized carbons (Fsp3) is 0.333. The molecule has 0 aliphatic heterocycles. The highest BCUT2D eigenvalue weighted by Gasteiger charge is 2.09. The van der Waals surface area contributed by atoms with Gasteiger partial charge in [0.05, 0.1) is 16.6 Å². The number of halogens is 2. The number of nitrogens with one attached hydrogen (secondary N) is 1. The summed E-state index contributed by atoms with van der Waals surface area (Å²) >= 11 is 6.75. The summed E-state index contributed by atoms with van der Waals surface area (Å²) in [5.74, 6) is -0.0609. The maximum atomic E-state index is 12.1. The molecular formula is C21H23Br2NO4. The lowest BCUT2D eigenvalue weighted by Crippen LogP contribution is -2.20. The number of esters is 1. The van der Waals surface area contributed by atoms with Crippen LogP contribution >= 0.6 is 31.9 Å². The quantitative estimate of drug-likeness (QED) is 0.315. The monoisotopic (exact) mass is 511 g/mol. The minimum atomic E-state index is -0.349. The molecule has 2 aromatic rings. The molecule has 28 heavy (non-hydrogen) atoms. The molecule has 0 saturated carbocycles. The van der Waals surface area contributed by atoms with Crippen LogP contribution in [0.5, 0.6) is 5.75 Å². The Morgan fingerprint density at radius 3 is 2.43 bits per heavy atom. The molecule has 0 heterocycles. The van der Waals surface area contributed by atoms with Crippen LogP contribution in [0.1, 0.15) is 43.0 Å². The standard InChI is InChI=1S/C21H23Br2NO4/c1-2-3-4-5-12-27-21(26)15-6-9-17(10-7-15)24-20(25)14-28-19-11-8-16(22)13-18(19)23/h6-11,13H,2-5,12,14H2,1H3,(H,24,25). The van der Waals surface area contributed by atoms with E-state index in [0.29, 0.717) is 23.6 Å².